The van der Waals surface area contributed by atoms with Crippen LogP contribution in [-0.2, 0) is 11.2 Å². The van der Waals surface area contributed by atoms with Crippen LogP contribution in [0.1, 0.15) is 35.2 Å². The second-order valence-electron chi connectivity index (χ2n) is 7.04. The molecule has 0 N–H and O–H groups in total. The van der Waals surface area contributed by atoms with E-state index in [1.165, 1.54) is 6.07 Å². The number of benzene rings is 2. The lowest BCUT2D eigenvalue weighted by Crippen LogP contribution is -2.45. The summed E-state index contributed by atoms with van der Waals surface area (Å²) in [5, 5.41) is 0. The van der Waals surface area contributed by atoms with Crippen molar-refractivity contribution < 1.29 is 18.7 Å². The van der Waals surface area contributed by atoms with Crippen LogP contribution in [0.3, 0.4) is 0 Å². The summed E-state index contributed by atoms with van der Waals surface area (Å²) in [4.78, 5) is 26.7. The molecule has 4 nitrogen and oxygen atoms in total. The molecular formula is C21H20FNO3. The Morgan fingerprint density at radius 1 is 1.15 bits per heavy atom. The van der Waals surface area contributed by atoms with Crippen molar-refractivity contribution in [1.82, 2.24) is 4.90 Å². The molecular weight excluding hydrogens is 333 g/mol. The second-order valence-corrected chi connectivity index (χ2v) is 7.04. The Bertz CT molecular complexity index is 866. The number of ether oxygens (including phenoxy) is 1. The summed E-state index contributed by atoms with van der Waals surface area (Å²) < 4.78 is 19.8. The first-order valence-electron chi connectivity index (χ1n) is 8.89. The van der Waals surface area contributed by atoms with Gasteiger partial charge in [-0.1, -0.05) is 30.3 Å². The van der Waals surface area contributed by atoms with Crippen LogP contribution in [0.4, 0.5) is 4.39 Å². The minimum Gasteiger partial charge on any atom is -0.484 e. The van der Waals surface area contributed by atoms with Gasteiger partial charge in [-0.15, -0.1) is 0 Å². The highest BCUT2D eigenvalue weighted by atomic mass is 19.1. The van der Waals surface area contributed by atoms with E-state index in [1.54, 1.807) is 35.2 Å². The summed E-state index contributed by atoms with van der Waals surface area (Å²) in [7, 11) is 0. The minimum absolute atomic E-state index is 0.0277. The van der Waals surface area contributed by atoms with Crippen LogP contribution >= 0.6 is 0 Å². The third-order valence-electron chi connectivity index (χ3n) is 5.23. The molecule has 0 radical (unpaired) electrons. The molecule has 0 aliphatic carbocycles. The van der Waals surface area contributed by atoms with E-state index in [9.17, 15) is 14.0 Å². The van der Waals surface area contributed by atoms with Gasteiger partial charge >= 0.3 is 0 Å². The molecule has 2 aliphatic rings. The number of halogens is 1. The molecule has 5 heteroatoms. The van der Waals surface area contributed by atoms with Crippen LogP contribution in [0, 0.1) is 5.82 Å². The summed E-state index contributed by atoms with van der Waals surface area (Å²) in [6.07, 6.45) is 1.55. The predicted molar refractivity (Wildman–Crippen MR) is 94.7 cm³/mol. The maximum atomic E-state index is 13.7. The normalized spacial score (nSPS) is 21.6. The number of rotatable bonds is 3. The predicted octanol–water partition coefficient (Wildman–Crippen LogP) is 3.39. The molecule has 2 aromatic carbocycles. The molecule has 1 atom stereocenters. The van der Waals surface area contributed by atoms with Crippen molar-refractivity contribution >= 4 is 11.7 Å². The number of amides is 1. The number of likely N-dealkylation sites (tertiary alicyclic amines) is 1. The van der Waals surface area contributed by atoms with E-state index < -0.39 is 5.60 Å². The van der Waals surface area contributed by atoms with Gasteiger partial charge in [-0.05, 0) is 30.2 Å². The Labute approximate surface area is 151 Å². The van der Waals surface area contributed by atoms with Crippen molar-refractivity contribution in [3.05, 3.63) is 65.5 Å². The maximum Gasteiger partial charge on any atom is 0.223 e. The van der Waals surface area contributed by atoms with E-state index in [-0.39, 0.29) is 23.9 Å². The molecule has 1 saturated heterocycles. The van der Waals surface area contributed by atoms with E-state index in [0.717, 1.165) is 0 Å². The molecule has 1 spiro atoms. The standard InChI is InChI=1S/C21H20FNO3/c22-17-7-3-1-5-15(17)9-10-20(25)23-12-11-21(14-23)13-18(24)16-6-2-4-8-19(16)26-21/h1-8H,9-14H2. The van der Waals surface area contributed by atoms with Crippen molar-refractivity contribution in [2.75, 3.05) is 13.1 Å². The highest BCUT2D eigenvalue weighted by molar-refractivity contribution is 6.00. The van der Waals surface area contributed by atoms with Crippen LogP contribution in [0.2, 0.25) is 0 Å². The van der Waals surface area contributed by atoms with Gasteiger partial charge in [0.25, 0.3) is 0 Å². The van der Waals surface area contributed by atoms with E-state index in [2.05, 4.69) is 0 Å². The zero-order valence-electron chi connectivity index (χ0n) is 14.4. The number of para-hydroxylation sites is 1. The van der Waals surface area contributed by atoms with Crippen LogP contribution in [0.5, 0.6) is 5.75 Å². The lowest BCUT2D eigenvalue weighted by atomic mass is 9.89. The number of Topliss-reactive ketones (excluding diaryl/α,β-unsaturated/α-hetero) is 1. The topological polar surface area (TPSA) is 46.6 Å². The smallest absolute Gasteiger partial charge is 0.223 e. The first-order valence-corrected chi connectivity index (χ1v) is 8.89. The van der Waals surface area contributed by atoms with Crippen molar-refractivity contribution in [2.45, 2.75) is 31.3 Å². The third kappa shape index (κ3) is 3.09. The fourth-order valence-corrected chi connectivity index (χ4v) is 3.83. The molecule has 1 amide bonds. The monoisotopic (exact) mass is 353 g/mol. The zero-order chi connectivity index (χ0) is 18.1. The zero-order valence-corrected chi connectivity index (χ0v) is 14.4. The molecule has 2 heterocycles. The molecule has 4 rings (SSSR count). The maximum absolute atomic E-state index is 13.7. The minimum atomic E-state index is -0.626. The van der Waals surface area contributed by atoms with Gasteiger partial charge in [0.1, 0.15) is 17.2 Å². The highest BCUT2D eigenvalue weighted by Gasteiger charge is 2.46. The van der Waals surface area contributed by atoms with Gasteiger partial charge in [0, 0.05) is 19.4 Å². The van der Waals surface area contributed by atoms with Crippen molar-refractivity contribution in [1.29, 1.82) is 0 Å². The van der Waals surface area contributed by atoms with Gasteiger partial charge in [-0.2, -0.15) is 0 Å². The highest BCUT2D eigenvalue weighted by Crippen LogP contribution is 2.38. The van der Waals surface area contributed by atoms with Gasteiger partial charge in [0.15, 0.2) is 5.78 Å². The van der Waals surface area contributed by atoms with Gasteiger partial charge in [0.05, 0.1) is 18.5 Å². The molecule has 0 bridgehead atoms. The molecule has 2 aromatic rings. The summed E-state index contributed by atoms with van der Waals surface area (Å²) >= 11 is 0. The largest absolute Gasteiger partial charge is 0.484 e. The number of aryl methyl sites for hydroxylation is 1. The molecule has 134 valence electrons. The quantitative estimate of drug-likeness (QED) is 0.850. The van der Waals surface area contributed by atoms with Crippen LogP contribution < -0.4 is 4.74 Å². The number of carbonyl (C=O) groups excluding carboxylic acids is 2. The van der Waals surface area contributed by atoms with E-state index in [4.69, 9.17) is 4.74 Å². The van der Waals surface area contributed by atoms with Crippen LogP contribution in [-0.4, -0.2) is 35.3 Å². The van der Waals surface area contributed by atoms with Gasteiger partial charge < -0.3 is 9.64 Å². The fourth-order valence-electron chi connectivity index (χ4n) is 3.83. The number of hydrogen-bond acceptors (Lipinski definition) is 3. The number of nitrogens with zero attached hydrogens (tertiary/aromatic N) is 1. The van der Waals surface area contributed by atoms with Gasteiger partial charge in [-0.25, -0.2) is 4.39 Å². The van der Waals surface area contributed by atoms with Crippen LogP contribution in [0.25, 0.3) is 0 Å². The first-order chi connectivity index (χ1) is 12.6. The summed E-state index contributed by atoms with van der Waals surface area (Å²) in [6.45, 7) is 0.967. The lowest BCUT2D eigenvalue weighted by molar-refractivity contribution is -0.130. The SMILES string of the molecule is O=C1CC2(CCN(C(=O)CCc3ccccc3F)C2)Oc2ccccc21. The lowest BCUT2D eigenvalue weighted by Gasteiger charge is -2.34. The first kappa shape index (κ1) is 16.8. The van der Waals surface area contributed by atoms with E-state index in [1.807, 2.05) is 12.1 Å². The average molecular weight is 353 g/mol. The fraction of sp³-hybridized carbons (Fsp3) is 0.333. The Kier molecular flexibility index (Phi) is 4.23. The van der Waals surface area contributed by atoms with E-state index in [0.29, 0.717) is 49.2 Å². The number of hydrogen-bond donors (Lipinski definition) is 0. The Balaban J connectivity index is 1.41. The van der Waals surface area contributed by atoms with Gasteiger partial charge in [-0.3, -0.25) is 9.59 Å². The third-order valence-corrected chi connectivity index (χ3v) is 5.23. The van der Waals surface area contributed by atoms with E-state index >= 15 is 0 Å². The van der Waals surface area contributed by atoms with Crippen molar-refractivity contribution in [2.24, 2.45) is 0 Å². The molecule has 2 aliphatic heterocycles. The molecule has 0 saturated carbocycles. The molecule has 26 heavy (non-hydrogen) atoms. The second kappa shape index (κ2) is 6.56. The number of fused-ring (bicyclic) bond motifs is 1. The Hall–Kier alpha value is -2.69. The van der Waals surface area contributed by atoms with Crippen molar-refractivity contribution in [3.8, 4) is 5.75 Å². The Morgan fingerprint density at radius 2 is 1.92 bits per heavy atom. The Morgan fingerprint density at radius 3 is 2.77 bits per heavy atom. The summed E-state index contributed by atoms with van der Waals surface area (Å²) in [6, 6.07) is 13.8. The number of ketones is 1. The van der Waals surface area contributed by atoms with Crippen LogP contribution in [0.15, 0.2) is 48.5 Å². The van der Waals surface area contributed by atoms with Crippen molar-refractivity contribution in [3.63, 3.8) is 0 Å². The average Bonchev–Trinajstić information content (AvgIpc) is 3.04. The van der Waals surface area contributed by atoms with Gasteiger partial charge in [0.2, 0.25) is 5.91 Å². The molecule has 0 aromatic heterocycles. The summed E-state index contributed by atoms with van der Waals surface area (Å²) in [5.74, 6) is 0.355. The number of carbonyl (C=O) groups is 2. The molecule has 1 fully saturated rings. The summed E-state index contributed by atoms with van der Waals surface area (Å²) in [5.41, 5.74) is 0.536. The molecule has 1 unspecified atom stereocenters.